The van der Waals surface area contributed by atoms with Gasteiger partial charge in [0.15, 0.2) is 0 Å². The Morgan fingerprint density at radius 1 is 1.20 bits per heavy atom. The van der Waals surface area contributed by atoms with Gasteiger partial charge in [0.2, 0.25) is 0 Å². The van der Waals surface area contributed by atoms with E-state index in [0.29, 0.717) is 0 Å². The number of carbonyl (C=O) groups excluding carboxylic acids is 1. The molecule has 2 aromatic carbocycles. The van der Waals surface area contributed by atoms with Crippen molar-refractivity contribution in [1.29, 1.82) is 0 Å². The van der Waals surface area contributed by atoms with Crippen LogP contribution in [0.5, 0.6) is 5.75 Å². The molecule has 1 amide bonds. The third kappa shape index (κ3) is 3.24. The first-order valence-corrected chi connectivity index (χ1v) is 6.06. The first-order chi connectivity index (χ1) is 9.47. The summed E-state index contributed by atoms with van der Waals surface area (Å²) in [5.74, 6) is -1.83. The molecule has 2 rings (SSSR count). The molecule has 2 N–H and O–H groups in total. The maximum absolute atomic E-state index is 13.4. The summed E-state index contributed by atoms with van der Waals surface area (Å²) in [5.41, 5.74) is 0.257. The number of phenolic OH excluding ortho intramolecular Hbond substituents is 1. The molecule has 0 aromatic heterocycles. The van der Waals surface area contributed by atoms with Crippen molar-refractivity contribution in [2.24, 2.45) is 0 Å². The first-order valence-electron chi connectivity index (χ1n) is 5.68. The number of benzene rings is 2. The van der Waals surface area contributed by atoms with Crippen LogP contribution in [-0.2, 0) is 6.54 Å². The SMILES string of the molecule is O=C(NCc1cc(F)ccc1F)c1ccc(O)c(Cl)c1. The highest BCUT2D eigenvalue weighted by Gasteiger charge is 2.10. The predicted molar refractivity (Wildman–Crippen MR) is 70.6 cm³/mol. The Labute approximate surface area is 118 Å². The Hall–Kier alpha value is -2.14. The fourth-order valence-electron chi connectivity index (χ4n) is 1.60. The summed E-state index contributed by atoms with van der Waals surface area (Å²) in [6, 6.07) is 6.95. The van der Waals surface area contributed by atoms with Crippen LogP contribution in [0, 0.1) is 11.6 Å². The molecule has 0 saturated heterocycles. The van der Waals surface area contributed by atoms with Crippen molar-refractivity contribution in [2.45, 2.75) is 6.54 Å². The van der Waals surface area contributed by atoms with Gasteiger partial charge in [-0.1, -0.05) is 11.6 Å². The zero-order valence-electron chi connectivity index (χ0n) is 10.2. The lowest BCUT2D eigenvalue weighted by Gasteiger charge is -2.07. The van der Waals surface area contributed by atoms with Gasteiger partial charge in [-0.3, -0.25) is 4.79 Å². The second-order valence-electron chi connectivity index (χ2n) is 4.08. The van der Waals surface area contributed by atoms with Crippen LogP contribution in [0.3, 0.4) is 0 Å². The molecule has 3 nitrogen and oxygen atoms in total. The average molecular weight is 298 g/mol. The van der Waals surface area contributed by atoms with E-state index in [1.807, 2.05) is 0 Å². The summed E-state index contributed by atoms with van der Waals surface area (Å²) in [4.78, 5) is 11.8. The topological polar surface area (TPSA) is 49.3 Å². The summed E-state index contributed by atoms with van der Waals surface area (Å²) in [6.45, 7) is -0.152. The van der Waals surface area contributed by atoms with Crippen LogP contribution < -0.4 is 5.32 Å². The molecule has 0 saturated carbocycles. The molecular formula is C14H10ClF2NO2. The Balaban J connectivity index is 2.08. The minimum absolute atomic E-state index is 0.0367. The van der Waals surface area contributed by atoms with Crippen molar-refractivity contribution in [1.82, 2.24) is 5.32 Å². The van der Waals surface area contributed by atoms with Crippen LogP contribution in [0.2, 0.25) is 5.02 Å². The van der Waals surface area contributed by atoms with Gasteiger partial charge in [0, 0.05) is 17.7 Å². The number of carbonyl (C=O) groups is 1. The molecule has 0 unspecified atom stereocenters. The van der Waals surface area contributed by atoms with Crippen LogP contribution >= 0.6 is 11.6 Å². The Morgan fingerprint density at radius 2 is 1.95 bits per heavy atom. The number of rotatable bonds is 3. The smallest absolute Gasteiger partial charge is 0.251 e. The van der Waals surface area contributed by atoms with Crippen molar-refractivity contribution in [3.05, 3.63) is 64.2 Å². The van der Waals surface area contributed by atoms with Crippen molar-refractivity contribution < 1.29 is 18.7 Å². The molecular weight excluding hydrogens is 288 g/mol. The van der Waals surface area contributed by atoms with Crippen molar-refractivity contribution in [3.8, 4) is 5.75 Å². The van der Waals surface area contributed by atoms with Gasteiger partial charge in [-0.2, -0.15) is 0 Å². The fourth-order valence-corrected chi connectivity index (χ4v) is 1.79. The molecule has 2 aromatic rings. The summed E-state index contributed by atoms with van der Waals surface area (Å²) in [7, 11) is 0. The van der Waals surface area contributed by atoms with E-state index < -0.39 is 17.5 Å². The third-order valence-corrected chi connectivity index (χ3v) is 2.96. The van der Waals surface area contributed by atoms with E-state index in [0.717, 1.165) is 18.2 Å². The van der Waals surface area contributed by atoms with Crippen LogP contribution in [0.15, 0.2) is 36.4 Å². The van der Waals surface area contributed by atoms with Crippen LogP contribution in [0.25, 0.3) is 0 Å². The van der Waals surface area contributed by atoms with E-state index in [1.54, 1.807) is 0 Å². The Morgan fingerprint density at radius 3 is 2.65 bits per heavy atom. The average Bonchev–Trinajstić information content (AvgIpc) is 2.42. The number of phenols is 1. The van der Waals surface area contributed by atoms with Gasteiger partial charge in [-0.25, -0.2) is 8.78 Å². The Bertz CT molecular complexity index is 662. The van der Waals surface area contributed by atoms with Gasteiger partial charge in [0.05, 0.1) is 5.02 Å². The molecule has 0 aliphatic rings. The highest BCUT2D eigenvalue weighted by atomic mass is 35.5. The molecule has 0 fully saturated rings. The molecule has 0 radical (unpaired) electrons. The number of hydrogen-bond donors (Lipinski definition) is 2. The number of aromatic hydroxyl groups is 1. The summed E-state index contributed by atoms with van der Waals surface area (Å²) >= 11 is 5.68. The van der Waals surface area contributed by atoms with E-state index in [4.69, 9.17) is 11.6 Å². The van der Waals surface area contributed by atoms with E-state index >= 15 is 0 Å². The number of hydrogen-bond acceptors (Lipinski definition) is 2. The number of halogens is 3. The maximum Gasteiger partial charge on any atom is 0.251 e. The van der Waals surface area contributed by atoms with E-state index in [9.17, 15) is 18.7 Å². The van der Waals surface area contributed by atoms with Gasteiger partial charge in [0.25, 0.3) is 5.91 Å². The lowest BCUT2D eigenvalue weighted by Crippen LogP contribution is -2.23. The normalized spacial score (nSPS) is 10.3. The molecule has 20 heavy (non-hydrogen) atoms. The molecule has 6 heteroatoms. The van der Waals surface area contributed by atoms with Crippen LogP contribution in [0.4, 0.5) is 8.78 Å². The highest BCUT2D eigenvalue weighted by molar-refractivity contribution is 6.32. The molecule has 0 bridgehead atoms. The molecule has 0 spiro atoms. The van der Waals surface area contributed by atoms with E-state index in [1.165, 1.54) is 18.2 Å². The van der Waals surface area contributed by atoms with Crippen LogP contribution in [0.1, 0.15) is 15.9 Å². The highest BCUT2D eigenvalue weighted by Crippen LogP contribution is 2.23. The monoisotopic (exact) mass is 297 g/mol. The first kappa shape index (κ1) is 14.3. The summed E-state index contributed by atoms with van der Waals surface area (Å²) in [6.07, 6.45) is 0. The standard InChI is InChI=1S/C14H10ClF2NO2/c15-11-6-8(1-4-13(11)19)14(20)18-7-9-5-10(16)2-3-12(9)17/h1-6,19H,7H2,(H,18,20). The molecule has 0 aliphatic carbocycles. The zero-order valence-corrected chi connectivity index (χ0v) is 10.9. The second kappa shape index (κ2) is 5.88. The van der Waals surface area contributed by atoms with Gasteiger partial charge in [0.1, 0.15) is 17.4 Å². The van der Waals surface area contributed by atoms with Gasteiger partial charge >= 0.3 is 0 Å². The van der Waals surface area contributed by atoms with Crippen molar-refractivity contribution in [3.63, 3.8) is 0 Å². The fraction of sp³-hybridized carbons (Fsp3) is 0.0714. The summed E-state index contributed by atoms with van der Waals surface area (Å²) in [5, 5.41) is 11.7. The van der Waals surface area contributed by atoms with Crippen LogP contribution in [-0.4, -0.2) is 11.0 Å². The summed E-state index contributed by atoms with van der Waals surface area (Å²) < 4.78 is 26.3. The molecule has 0 atom stereocenters. The van der Waals surface area contributed by atoms with E-state index in [2.05, 4.69) is 5.32 Å². The Kier molecular flexibility index (Phi) is 4.20. The van der Waals surface area contributed by atoms with Crippen molar-refractivity contribution in [2.75, 3.05) is 0 Å². The van der Waals surface area contributed by atoms with Crippen molar-refractivity contribution >= 4 is 17.5 Å². The quantitative estimate of drug-likeness (QED) is 0.913. The largest absolute Gasteiger partial charge is 0.506 e. The van der Waals surface area contributed by atoms with Gasteiger partial charge < -0.3 is 10.4 Å². The predicted octanol–water partition coefficient (Wildman–Crippen LogP) is 3.25. The lowest BCUT2D eigenvalue weighted by molar-refractivity contribution is 0.0950. The third-order valence-electron chi connectivity index (χ3n) is 2.66. The molecule has 0 aliphatic heterocycles. The lowest BCUT2D eigenvalue weighted by atomic mass is 10.1. The van der Waals surface area contributed by atoms with Gasteiger partial charge in [-0.05, 0) is 36.4 Å². The number of nitrogens with one attached hydrogen (secondary N) is 1. The second-order valence-corrected chi connectivity index (χ2v) is 4.49. The minimum atomic E-state index is -0.601. The van der Waals surface area contributed by atoms with Gasteiger partial charge in [-0.15, -0.1) is 0 Å². The number of amides is 1. The molecule has 0 heterocycles. The van der Waals surface area contributed by atoms with E-state index in [-0.39, 0.29) is 28.4 Å². The maximum atomic E-state index is 13.4. The zero-order chi connectivity index (χ0) is 14.7. The molecule has 104 valence electrons. The minimum Gasteiger partial charge on any atom is -0.506 e.